The van der Waals surface area contributed by atoms with Crippen molar-refractivity contribution < 1.29 is 22.4 Å². The van der Waals surface area contributed by atoms with Crippen molar-refractivity contribution in [3.8, 4) is 0 Å². The number of hydrogen-bond donors (Lipinski definition) is 0. The van der Waals surface area contributed by atoms with Gasteiger partial charge in [0.2, 0.25) is 0 Å². The van der Waals surface area contributed by atoms with Gasteiger partial charge in [-0.1, -0.05) is 18.2 Å². The summed E-state index contributed by atoms with van der Waals surface area (Å²) in [6.45, 7) is 2.92. The lowest BCUT2D eigenvalue weighted by Gasteiger charge is -2.31. The number of aryl methyl sites for hydroxylation is 1. The van der Waals surface area contributed by atoms with Crippen molar-refractivity contribution in [2.24, 2.45) is 0 Å². The lowest BCUT2D eigenvalue weighted by Crippen LogP contribution is -2.38. The van der Waals surface area contributed by atoms with E-state index >= 15 is 0 Å². The van der Waals surface area contributed by atoms with E-state index in [2.05, 4.69) is 4.98 Å². The number of amides is 1. The second kappa shape index (κ2) is 8.53. The minimum absolute atomic E-state index is 0.126. The number of pyridine rings is 1. The molecule has 3 heterocycles. The average molecular weight is 429 g/mol. The molecule has 162 valence electrons. The number of piperidine rings is 1. The summed E-state index contributed by atoms with van der Waals surface area (Å²) in [7, 11) is 0. The molecule has 1 fully saturated rings. The summed E-state index contributed by atoms with van der Waals surface area (Å²) in [4.78, 5) is 23.1. The van der Waals surface area contributed by atoms with Gasteiger partial charge in [-0.05, 0) is 42.7 Å². The largest absolute Gasteiger partial charge is 0.448 e. The first-order chi connectivity index (χ1) is 14.8. The Morgan fingerprint density at radius 3 is 2.42 bits per heavy atom. The number of carbonyl (C=O) groups excluding carboxylic acids is 1. The van der Waals surface area contributed by atoms with Crippen LogP contribution in [0, 0.1) is 6.92 Å². The van der Waals surface area contributed by atoms with E-state index in [0.717, 1.165) is 41.9 Å². The molecule has 8 heteroatoms. The number of halogens is 3. The Hall–Kier alpha value is -3.16. The number of likely N-dealkylation sites (tertiary alicyclic amines) is 1. The van der Waals surface area contributed by atoms with Crippen LogP contribution in [0.25, 0.3) is 0 Å². The zero-order chi connectivity index (χ0) is 22.0. The number of oxazole rings is 1. The number of alkyl halides is 3. The third-order valence-electron chi connectivity index (χ3n) is 5.53. The molecule has 1 saturated heterocycles. The maximum Gasteiger partial charge on any atom is 0.416 e. The maximum atomic E-state index is 12.7. The van der Waals surface area contributed by atoms with E-state index in [1.165, 1.54) is 18.4 Å². The van der Waals surface area contributed by atoms with Gasteiger partial charge in [-0.2, -0.15) is 13.2 Å². The smallest absolute Gasteiger partial charge is 0.416 e. The molecule has 5 nitrogen and oxygen atoms in total. The van der Waals surface area contributed by atoms with Crippen molar-refractivity contribution in [3.05, 3.63) is 82.8 Å². The van der Waals surface area contributed by atoms with Crippen molar-refractivity contribution in [2.45, 2.75) is 38.3 Å². The van der Waals surface area contributed by atoms with E-state index in [1.807, 2.05) is 18.2 Å². The molecule has 0 aliphatic carbocycles. The third-order valence-corrected chi connectivity index (χ3v) is 5.53. The van der Waals surface area contributed by atoms with Crippen molar-refractivity contribution in [2.75, 3.05) is 13.1 Å². The van der Waals surface area contributed by atoms with E-state index < -0.39 is 11.7 Å². The van der Waals surface area contributed by atoms with Gasteiger partial charge in [0.1, 0.15) is 6.26 Å². The van der Waals surface area contributed by atoms with Gasteiger partial charge in [-0.25, -0.2) is 4.98 Å². The first-order valence-electron chi connectivity index (χ1n) is 10.1. The van der Waals surface area contributed by atoms with E-state index in [9.17, 15) is 18.0 Å². The molecule has 0 spiro atoms. The molecule has 2 aromatic heterocycles. The predicted octanol–water partition coefficient (Wildman–Crippen LogP) is 5.01. The summed E-state index contributed by atoms with van der Waals surface area (Å²) < 4.78 is 43.3. The van der Waals surface area contributed by atoms with Gasteiger partial charge in [0.25, 0.3) is 5.91 Å². The fraction of sp³-hybridized carbons (Fsp3) is 0.348. The van der Waals surface area contributed by atoms with E-state index in [0.29, 0.717) is 31.1 Å². The highest BCUT2D eigenvalue weighted by Crippen LogP contribution is 2.30. The molecular weight excluding hydrogens is 407 g/mol. The Labute approximate surface area is 177 Å². The van der Waals surface area contributed by atoms with Crippen molar-refractivity contribution >= 4 is 5.91 Å². The van der Waals surface area contributed by atoms with Crippen LogP contribution in [0.2, 0.25) is 0 Å². The SMILES string of the molecule is Cc1nc(C(=O)N2CCC(c3cccc(Cc4ccc(C(F)(F)F)cc4)n3)CC2)co1. The quantitative estimate of drug-likeness (QED) is 0.585. The van der Waals surface area contributed by atoms with Gasteiger partial charge in [0.15, 0.2) is 11.6 Å². The topological polar surface area (TPSA) is 59.2 Å². The minimum atomic E-state index is -4.33. The van der Waals surface area contributed by atoms with Gasteiger partial charge < -0.3 is 9.32 Å². The number of nitrogens with zero attached hydrogens (tertiary/aromatic N) is 3. The normalized spacial score (nSPS) is 15.3. The van der Waals surface area contributed by atoms with Crippen LogP contribution >= 0.6 is 0 Å². The van der Waals surface area contributed by atoms with Crippen LogP contribution in [-0.2, 0) is 12.6 Å². The molecule has 1 aliphatic rings. The predicted molar refractivity (Wildman–Crippen MR) is 108 cm³/mol. The van der Waals surface area contributed by atoms with Gasteiger partial charge in [-0.15, -0.1) is 0 Å². The molecule has 0 unspecified atom stereocenters. The fourth-order valence-corrected chi connectivity index (χ4v) is 3.85. The van der Waals surface area contributed by atoms with Crippen LogP contribution in [0.3, 0.4) is 0 Å². The molecule has 1 amide bonds. The van der Waals surface area contributed by atoms with Crippen LogP contribution in [0.4, 0.5) is 13.2 Å². The van der Waals surface area contributed by atoms with Gasteiger partial charge in [0, 0.05) is 43.7 Å². The Morgan fingerprint density at radius 2 is 1.81 bits per heavy atom. The summed E-state index contributed by atoms with van der Waals surface area (Å²) in [5, 5.41) is 0. The van der Waals surface area contributed by atoms with Crippen LogP contribution in [0.5, 0.6) is 0 Å². The van der Waals surface area contributed by atoms with Gasteiger partial charge in [0.05, 0.1) is 5.56 Å². The number of benzene rings is 1. The summed E-state index contributed by atoms with van der Waals surface area (Å²) in [6, 6.07) is 11.0. The summed E-state index contributed by atoms with van der Waals surface area (Å²) in [5.41, 5.74) is 2.22. The van der Waals surface area contributed by atoms with Crippen LogP contribution in [0.15, 0.2) is 53.1 Å². The zero-order valence-corrected chi connectivity index (χ0v) is 17.0. The minimum Gasteiger partial charge on any atom is -0.448 e. The maximum absolute atomic E-state index is 12.7. The summed E-state index contributed by atoms with van der Waals surface area (Å²) >= 11 is 0. The van der Waals surface area contributed by atoms with Crippen molar-refractivity contribution in [1.82, 2.24) is 14.9 Å². The molecule has 0 atom stereocenters. The molecular formula is C23H22F3N3O2. The second-order valence-corrected chi connectivity index (χ2v) is 7.74. The van der Waals surface area contributed by atoms with E-state index in [-0.39, 0.29) is 11.8 Å². The van der Waals surface area contributed by atoms with Crippen LogP contribution in [-0.4, -0.2) is 33.9 Å². The van der Waals surface area contributed by atoms with Gasteiger partial charge in [-0.3, -0.25) is 9.78 Å². The number of rotatable bonds is 4. The highest BCUT2D eigenvalue weighted by Gasteiger charge is 2.30. The lowest BCUT2D eigenvalue weighted by atomic mass is 9.92. The Morgan fingerprint density at radius 1 is 1.10 bits per heavy atom. The summed E-state index contributed by atoms with van der Waals surface area (Å²) in [6.07, 6.45) is -0.900. The molecule has 0 N–H and O–H groups in total. The monoisotopic (exact) mass is 429 g/mol. The number of hydrogen-bond acceptors (Lipinski definition) is 4. The average Bonchev–Trinajstić information content (AvgIpc) is 3.20. The summed E-state index contributed by atoms with van der Waals surface area (Å²) in [5.74, 6) is 0.572. The Kier molecular flexibility index (Phi) is 5.80. The first-order valence-corrected chi connectivity index (χ1v) is 10.1. The molecule has 1 aromatic carbocycles. The fourth-order valence-electron chi connectivity index (χ4n) is 3.85. The standard InChI is InChI=1S/C23H22F3N3O2/c1-15-27-21(14-31-15)22(30)29-11-9-17(10-12-29)20-4-2-3-19(28-20)13-16-5-7-18(8-6-16)23(24,25)26/h2-8,14,17H,9-13H2,1H3. The number of aromatic nitrogens is 2. The molecule has 4 rings (SSSR count). The molecule has 31 heavy (non-hydrogen) atoms. The highest BCUT2D eigenvalue weighted by molar-refractivity contribution is 5.92. The zero-order valence-electron chi connectivity index (χ0n) is 17.0. The molecule has 3 aromatic rings. The molecule has 0 bridgehead atoms. The van der Waals surface area contributed by atoms with Gasteiger partial charge >= 0.3 is 6.18 Å². The van der Waals surface area contributed by atoms with Crippen LogP contribution in [0.1, 0.15) is 57.7 Å². The lowest BCUT2D eigenvalue weighted by molar-refractivity contribution is -0.137. The molecule has 0 saturated carbocycles. The molecule has 0 radical (unpaired) electrons. The van der Waals surface area contributed by atoms with Crippen LogP contribution < -0.4 is 0 Å². The van der Waals surface area contributed by atoms with Crippen molar-refractivity contribution in [3.63, 3.8) is 0 Å². The Bertz CT molecular complexity index is 1050. The number of carbonyl (C=O) groups is 1. The van der Waals surface area contributed by atoms with E-state index in [1.54, 1.807) is 11.8 Å². The van der Waals surface area contributed by atoms with Crippen molar-refractivity contribution in [1.29, 1.82) is 0 Å². The first kappa shape index (κ1) is 21.1. The molecule has 1 aliphatic heterocycles. The second-order valence-electron chi connectivity index (χ2n) is 7.74. The van der Waals surface area contributed by atoms with E-state index in [4.69, 9.17) is 9.40 Å². The third kappa shape index (κ3) is 4.95. The Balaban J connectivity index is 1.38. The highest BCUT2D eigenvalue weighted by atomic mass is 19.4.